The van der Waals surface area contributed by atoms with Crippen LogP contribution in [0, 0.1) is 0 Å². The number of para-hydroxylation sites is 1. The predicted molar refractivity (Wildman–Crippen MR) is 90.4 cm³/mol. The molecule has 5 heteroatoms. The van der Waals surface area contributed by atoms with Crippen LogP contribution in [0.2, 0.25) is 0 Å². The molecule has 0 spiro atoms. The van der Waals surface area contributed by atoms with E-state index in [1.54, 1.807) is 6.07 Å². The number of benzene rings is 1. The summed E-state index contributed by atoms with van der Waals surface area (Å²) < 4.78 is 0. The number of nitrogens with one attached hydrogen (secondary N) is 2. The van der Waals surface area contributed by atoms with Crippen LogP contribution in [0.1, 0.15) is 55.3 Å². The highest BCUT2D eigenvalue weighted by atomic mass is 32.1. The number of hydrogen-bond acceptors (Lipinski definition) is 2. The molecule has 2 rings (SSSR count). The summed E-state index contributed by atoms with van der Waals surface area (Å²) in [5.74, 6) is -0.0556. The van der Waals surface area contributed by atoms with Crippen molar-refractivity contribution in [2.45, 2.75) is 51.0 Å². The maximum atomic E-state index is 12.5. The van der Waals surface area contributed by atoms with Gasteiger partial charge in [0.05, 0.1) is 11.3 Å². The van der Waals surface area contributed by atoms with E-state index >= 15 is 0 Å². The Morgan fingerprint density at radius 3 is 2.38 bits per heavy atom. The Hall–Kier alpha value is -1.62. The minimum Gasteiger partial charge on any atom is -0.376 e. The SMILES string of the molecule is NC(=S)Nc1ccccc1C(=O)NC1CCCCCCC1. The average molecular weight is 305 g/mol. The summed E-state index contributed by atoms with van der Waals surface area (Å²) in [7, 11) is 0. The average Bonchev–Trinajstić information content (AvgIpc) is 2.41. The van der Waals surface area contributed by atoms with E-state index in [9.17, 15) is 4.79 Å². The number of nitrogens with two attached hydrogens (primary N) is 1. The van der Waals surface area contributed by atoms with Crippen molar-refractivity contribution < 1.29 is 4.79 Å². The lowest BCUT2D eigenvalue weighted by atomic mass is 9.96. The first kappa shape index (κ1) is 15.8. The molecule has 1 aromatic rings. The first-order valence-corrected chi connectivity index (χ1v) is 8.04. The molecular weight excluding hydrogens is 282 g/mol. The lowest BCUT2D eigenvalue weighted by molar-refractivity contribution is 0.0931. The van der Waals surface area contributed by atoms with Gasteiger partial charge < -0.3 is 16.4 Å². The van der Waals surface area contributed by atoms with E-state index in [2.05, 4.69) is 10.6 Å². The molecule has 1 saturated carbocycles. The molecule has 1 amide bonds. The highest BCUT2D eigenvalue weighted by Gasteiger charge is 2.17. The van der Waals surface area contributed by atoms with E-state index in [-0.39, 0.29) is 17.1 Å². The summed E-state index contributed by atoms with van der Waals surface area (Å²) >= 11 is 4.85. The van der Waals surface area contributed by atoms with Gasteiger partial charge in [-0.25, -0.2) is 0 Å². The predicted octanol–water partition coefficient (Wildman–Crippen LogP) is 3.18. The second-order valence-electron chi connectivity index (χ2n) is 5.55. The third kappa shape index (κ3) is 5.01. The quantitative estimate of drug-likeness (QED) is 0.750. The van der Waals surface area contributed by atoms with E-state index in [0.717, 1.165) is 12.8 Å². The normalized spacial score (nSPS) is 16.6. The zero-order chi connectivity index (χ0) is 15.1. The van der Waals surface area contributed by atoms with Gasteiger partial charge in [-0.1, -0.05) is 44.2 Å². The van der Waals surface area contributed by atoms with Crippen LogP contribution >= 0.6 is 12.2 Å². The molecule has 114 valence electrons. The van der Waals surface area contributed by atoms with Gasteiger partial charge in [0.15, 0.2) is 5.11 Å². The standard InChI is InChI=1S/C16H23N3OS/c17-16(21)19-14-11-7-6-10-13(14)15(20)18-12-8-4-2-1-3-5-9-12/h6-7,10-12H,1-5,8-9H2,(H,18,20)(H3,17,19,21). The smallest absolute Gasteiger partial charge is 0.253 e. The first-order chi connectivity index (χ1) is 10.2. The van der Waals surface area contributed by atoms with Crippen LogP contribution in [-0.2, 0) is 0 Å². The highest BCUT2D eigenvalue weighted by Crippen LogP contribution is 2.19. The molecule has 0 aromatic heterocycles. The number of rotatable bonds is 3. The van der Waals surface area contributed by atoms with Crippen LogP contribution < -0.4 is 16.4 Å². The van der Waals surface area contributed by atoms with E-state index < -0.39 is 0 Å². The fourth-order valence-electron chi connectivity index (χ4n) is 2.79. The minimum atomic E-state index is -0.0556. The Labute approximate surface area is 131 Å². The third-order valence-corrected chi connectivity index (χ3v) is 3.97. The molecule has 0 bridgehead atoms. The van der Waals surface area contributed by atoms with E-state index in [0.29, 0.717) is 11.3 Å². The summed E-state index contributed by atoms with van der Waals surface area (Å²) in [6.07, 6.45) is 8.38. The number of anilines is 1. The summed E-state index contributed by atoms with van der Waals surface area (Å²) in [5.41, 5.74) is 6.76. The Kier molecular flexibility index (Phi) is 5.99. The zero-order valence-corrected chi connectivity index (χ0v) is 13.0. The zero-order valence-electron chi connectivity index (χ0n) is 12.2. The lowest BCUT2D eigenvalue weighted by Crippen LogP contribution is -2.36. The van der Waals surface area contributed by atoms with Crippen molar-refractivity contribution in [3.8, 4) is 0 Å². The Morgan fingerprint density at radius 2 is 1.71 bits per heavy atom. The molecular formula is C16H23N3OS. The highest BCUT2D eigenvalue weighted by molar-refractivity contribution is 7.80. The molecule has 0 atom stereocenters. The lowest BCUT2D eigenvalue weighted by Gasteiger charge is -2.21. The van der Waals surface area contributed by atoms with Crippen LogP contribution in [0.25, 0.3) is 0 Å². The molecule has 1 fully saturated rings. The van der Waals surface area contributed by atoms with Crippen molar-refractivity contribution in [2.75, 3.05) is 5.32 Å². The number of hydrogen-bond donors (Lipinski definition) is 3. The number of amides is 1. The fraction of sp³-hybridized carbons (Fsp3) is 0.500. The fourth-order valence-corrected chi connectivity index (χ4v) is 2.90. The van der Waals surface area contributed by atoms with Gasteiger partial charge in [-0.15, -0.1) is 0 Å². The summed E-state index contributed by atoms with van der Waals surface area (Å²) in [6, 6.07) is 7.58. The van der Waals surface area contributed by atoms with Crippen LogP contribution in [0.15, 0.2) is 24.3 Å². The molecule has 1 aliphatic carbocycles. The van der Waals surface area contributed by atoms with Crippen molar-refractivity contribution in [3.05, 3.63) is 29.8 Å². The summed E-state index contributed by atoms with van der Waals surface area (Å²) in [5, 5.41) is 6.18. The second kappa shape index (κ2) is 7.98. The number of carbonyl (C=O) groups is 1. The minimum absolute atomic E-state index is 0.0556. The first-order valence-electron chi connectivity index (χ1n) is 7.63. The molecule has 0 aliphatic heterocycles. The van der Waals surface area contributed by atoms with Gasteiger partial charge in [0.25, 0.3) is 5.91 Å². The van der Waals surface area contributed by atoms with Gasteiger partial charge >= 0.3 is 0 Å². The molecule has 1 aromatic carbocycles. The monoisotopic (exact) mass is 305 g/mol. The molecule has 21 heavy (non-hydrogen) atoms. The van der Waals surface area contributed by atoms with Crippen molar-refractivity contribution in [1.29, 1.82) is 0 Å². The molecule has 4 nitrogen and oxygen atoms in total. The maximum absolute atomic E-state index is 12.5. The van der Waals surface area contributed by atoms with Gasteiger partial charge in [-0.3, -0.25) is 4.79 Å². The Morgan fingerprint density at radius 1 is 1.10 bits per heavy atom. The molecule has 0 unspecified atom stereocenters. The summed E-state index contributed by atoms with van der Waals surface area (Å²) in [6.45, 7) is 0. The van der Waals surface area contributed by atoms with E-state index in [1.165, 1.54) is 32.1 Å². The van der Waals surface area contributed by atoms with Crippen molar-refractivity contribution >= 4 is 28.9 Å². The third-order valence-electron chi connectivity index (χ3n) is 3.87. The molecule has 1 aliphatic rings. The van der Waals surface area contributed by atoms with E-state index in [1.807, 2.05) is 18.2 Å². The van der Waals surface area contributed by atoms with Crippen molar-refractivity contribution in [1.82, 2.24) is 5.32 Å². The largest absolute Gasteiger partial charge is 0.376 e. The van der Waals surface area contributed by atoms with Crippen LogP contribution in [0.4, 0.5) is 5.69 Å². The van der Waals surface area contributed by atoms with Gasteiger partial charge in [-0.05, 0) is 37.2 Å². The Bertz CT molecular complexity index is 496. The van der Waals surface area contributed by atoms with Gasteiger partial charge in [0, 0.05) is 6.04 Å². The van der Waals surface area contributed by atoms with Crippen LogP contribution in [-0.4, -0.2) is 17.1 Å². The van der Waals surface area contributed by atoms with Gasteiger partial charge in [0.1, 0.15) is 0 Å². The number of carbonyl (C=O) groups excluding carboxylic acids is 1. The molecule has 0 saturated heterocycles. The van der Waals surface area contributed by atoms with Gasteiger partial charge in [-0.2, -0.15) is 0 Å². The Balaban J connectivity index is 2.03. The van der Waals surface area contributed by atoms with Crippen molar-refractivity contribution in [3.63, 3.8) is 0 Å². The second-order valence-corrected chi connectivity index (χ2v) is 5.99. The van der Waals surface area contributed by atoms with E-state index in [4.69, 9.17) is 18.0 Å². The van der Waals surface area contributed by atoms with Crippen LogP contribution in [0.5, 0.6) is 0 Å². The maximum Gasteiger partial charge on any atom is 0.253 e. The molecule has 0 heterocycles. The van der Waals surface area contributed by atoms with Crippen molar-refractivity contribution in [2.24, 2.45) is 5.73 Å². The van der Waals surface area contributed by atoms with Crippen LogP contribution in [0.3, 0.4) is 0 Å². The number of thiocarbonyl (C=S) groups is 1. The molecule has 4 N–H and O–H groups in total. The molecule has 0 radical (unpaired) electrons. The van der Waals surface area contributed by atoms with Gasteiger partial charge in [0.2, 0.25) is 0 Å². The topological polar surface area (TPSA) is 67.1 Å². The summed E-state index contributed by atoms with van der Waals surface area (Å²) in [4.78, 5) is 12.5.